The van der Waals surface area contributed by atoms with Crippen molar-refractivity contribution in [3.05, 3.63) is 65.7 Å². The van der Waals surface area contributed by atoms with Crippen molar-refractivity contribution in [2.45, 2.75) is 31.7 Å². The maximum Gasteiger partial charge on any atom is 0.324 e. The highest BCUT2D eigenvalue weighted by Gasteiger charge is 2.17. The molecule has 0 aliphatic rings. The van der Waals surface area contributed by atoms with Crippen molar-refractivity contribution in [3.63, 3.8) is 0 Å². The SMILES string of the molecule is CCOC(=O)C(Cl)Cc1ccc(C(C)Oc2ccccc2)cc1. The Labute approximate surface area is 142 Å². The third-order valence-corrected chi connectivity index (χ3v) is 3.79. The Morgan fingerprint density at radius 2 is 1.74 bits per heavy atom. The first-order chi connectivity index (χ1) is 11.1. The van der Waals surface area contributed by atoms with E-state index in [2.05, 4.69) is 0 Å². The van der Waals surface area contributed by atoms with Gasteiger partial charge >= 0.3 is 5.97 Å². The molecular weight excluding hydrogens is 312 g/mol. The van der Waals surface area contributed by atoms with Gasteiger partial charge in [-0.25, -0.2) is 0 Å². The van der Waals surface area contributed by atoms with Gasteiger partial charge in [0.25, 0.3) is 0 Å². The van der Waals surface area contributed by atoms with Crippen molar-refractivity contribution in [1.82, 2.24) is 0 Å². The molecule has 0 bridgehead atoms. The molecule has 0 saturated heterocycles. The van der Waals surface area contributed by atoms with E-state index in [1.54, 1.807) is 6.92 Å². The van der Waals surface area contributed by atoms with Gasteiger partial charge in [-0.3, -0.25) is 4.79 Å². The molecule has 0 radical (unpaired) electrons. The number of benzene rings is 2. The van der Waals surface area contributed by atoms with Crippen molar-refractivity contribution in [3.8, 4) is 5.75 Å². The Hall–Kier alpha value is -2.00. The zero-order valence-corrected chi connectivity index (χ0v) is 14.1. The molecule has 0 spiro atoms. The summed E-state index contributed by atoms with van der Waals surface area (Å²) in [5, 5.41) is -0.654. The first-order valence-electron chi connectivity index (χ1n) is 7.71. The number of esters is 1. The summed E-state index contributed by atoms with van der Waals surface area (Å²) < 4.78 is 10.8. The molecule has 23 heavy (non-hydrogen) atoms. The number of rotatable bonds is 7. The molecule has 2 aromatic carbocycles. The van der Waals surface area contributed by atoms with Gasteiger partial charge in [-0.05, 0) is 43.5 Å². The monoisotopic (exact) mass is 332 g/mol. The van der Waals surface area contributed by atoms with Crippen LogP contribution in [0, 0.1) is 0 Å². The quantitative estimate of drug-likeness (QED) is 0.551. The number of para-hydroxylation sites is 1. The minimum absolute atomic E-state index is 0.0525. The summed E-state index contributed by atoms with van der Waals surface area (Å²) in [7, 11) is 0. The molecular formula is C19H21ClO3. The van der Waals surface area contributed by atoms with Crippen LogP contribution >= 0.6 is 11.6 Å². The van der Waals surface area contributed by atoms with Gasteiger partial charge in [-0.15, -0.1) is 11.6 Å². The molecule has 0 N–H and O–H groups in total. The zero-order chi connectivity index (χ0) is 16.7. The van der Waals surface area contributed by atoms with Crippen LogP contribution in [0.3, 0.4) is 0 Å². The summed E-state index contributed by atoms with van der Waals surface area (Å²) in [5.74, 6) is 0.464. The lowest BCUT2D eigenvalue weighted by Gasteiger charge is -2.16. The smallest absolute Gasteiger partial charge is 0.324 e. The van der Waals surface area contributed by atoms with Gasteiger partial charge in [0.1, 0.15) is 17.2 Å². The molecule has 0 aliphatic carbocycles. The van der Waals surface area contributed by atoms with Crippen LogP contribution in [0.25, 0.3) is 0 Å². The number of carbonyl (C=O) groups excluding carboxylic acids is 1. The predicted molar refractivity (Wildman–Crippen MR) is 91.9 cm³/mol. The van der Waals surface area contributed by atoms with E-state index in [1.165, 1.54) is 0 Å². The maximum atomic E-state index is 11.6. The first kappa shape index (κ1) is 17.4. The molecule has 2 atom stereocenters. The summed E-state index contributed by atoms with van der Waals surface area (Å²) in [6.07, 6.45) is 0.400. The Morgan fingerprint density at radius 1 is 1.09 bits per heavy atom. The Balaban J connectivity index is 1.95. The largest absolute Gasteiger partial charge is 0.486 e. The zero-order valence-electron chi connectivity index (χ0n) is 13.4. The summed E-state index contributed by atoms with van der Waals surface area (Å²) in [6.45, 7) is 4.12. The van der Waals surface area contributed by atoms with Crippen LogP contribution in [0.15, 0.2) is 54.6 Å². The predicted octanol–water partition coefficient (Wildman–Crippen LogP) is 4.54. The number of hydrogen-bond donors (Lipinski definition) is 0. The summed E-state index contributed by atoms with van der Waals surface area (Å²) in [4.78, 5) is 11.6. The molecule has 4 heteroatoms. The molecule has 0 aliphatic heterocycles. The van der Waals surface area contributed by atoms with Crippen LogP contribution in [0.1, 0.15) is 31.1 Å². The highest BCUT2D eigenvalue weighted by Crippen LogP contribution is 2.22. The molecule has 3 nitrogen and oxygen atoms in total. The Bertz CT molecular complexity index is 610. The van der Waals surface area contributed by atoms with Crippen LogP contribution in [-0.4, -0.2) is 18.0 Å². The fourth-order valence-corrected chi connectivity index (χ4v) is 2.46. The molecule has 0 saturated carbocycles. The van der Waals surface area contributed by atoms with E-state index >= 15 is 0 Å². The normalized spacial score (nSPS) is 13.2. The van der Waals surface area contributed by atoms with Crippen LogP contribution in [0.5, 0.6) is 5.75 Å². The number of hydrogen-bond acceptors (Lipinski definition) is 3. The average Bonchev–Trinajstić information content (AvgIpc) is 2.56. The van der Waals surface area contributed by atoms with E-state index in [4.69, 9.17) is 21.1 Å². The van der Waals surface area contributed by atoms with Gasteiger partial charge in [-0.1, -0.05) is 42.5 Å². The van der Waals surface area contributed by atoms with E-state index in [0.29, 0.717) is 13.0 Å². The van der Waals surface area contributed by atoms with Crippen molar-refractivity contribution in [2.75, 3.05) is 6.61 Å². The van der Waals surface area contributed by atoms with Gasteiger partial charge in [0.2, 0.25) is 0 Å². The molecule has 2 unspecified atom stereocenters. The Kier molecular flexibility index (Phi) is 6.48. The highest BCUT2D eigenvalue weighted by atomic mass is 35.5. The lowest BCUT2D eigenvalue weighted by atomic mass is 10.0. The molecule has 0 heterocycles. The van der Waals surface area contributed by atoms with Gasteiger partial charge in [0.15, 0.2) is 0 Å². The van der Waals surface area contributed by atoms with E-state index in [0.717, 1.165) is 16.9 Å². The summed E-state index contributed by atoms with van der Waals surface area (Å²) in [5.41, 5.74) is 2.06. The second-order valence-electron chi connectivity index (χ2n) is 5.24. The molecule has 0 fully saturated rings. The molecule has 122 valence electrons. The number of carbonyl (C=O) groups is 1. The number of ether oxygens (including phenoxy) is 2. The van der Waals surface area contributed by atoms with Gasteiger partial charge < -0.3 is 9.47 Å². The topological polar surface area (TPSA) is 35.5 Å². The molecule has 0 aromatic heterocycles. The lowest BCUT2D eigenvalue weighted by Crippen LogP contribution is -2.20. The minimum Gasteiger partial charge on any atom is -0.486 e. The molecule has 2 rings (SSSR count). The average molecular weight is 333 g/mol. The Morgan fingerprint density at radius 3 is 2.35 bits per heavy atom. The minimum atomic E-state index is -0.654. The first-order valence-corrected chi connectivity index (χ1v) is 8.15. The van der Waals surface area contributed by atoms with Gasteiger partial charge in [0, 0.05) is 0 Å². The summed E-state index contributed by atoms with van der Waals surface area (Å²) >= 11 is 6.06. The summed E-state index contributed by atoms with van der Waals surface area (Å²) in [6, 6.07) is 17.6. The maximum absolute atomic E-state index is 11.6. The third kappa shape index (κ3) is 5.29. The van der Waals surface area contributed by atoms with Crippen molar-refractivity contribution < 1.29 is 14.3 Å². The van der Waals surface area contributed by atoms with Crippen LogP contribution in [0.4, 0.5) is 0 Å². The van der Waals surface area contributed by atoms with Gasteiger partial charge in [-0.2, -0.15) is 0 Å². The van der Waals surface area contributed by atoms with E-state index in [-0.39, 0.29) is 12.1 Å². The number of alkyl halides is 1. The fraction of sp³-hybridized carbons (Fsp3) is 0.316. The van der Waals surface area contributed by atoms with Crippen molar-refractivity contribution in [1.29, 1.82) is 0 Å². The highest BCUT2D eigenvalue weighted by molar-refractivity contribution is 6.30. The number of halogens is 1. The van der Waals surface area contributed by atoms with Crippen LogP contribution in [0.2, 0.25) is 0 Å². The van der Waals surface area contributed by atoms with E-state index in [9.17, 15) is 4.79 Å². The lowest BCUT2D eigenvalue weighted by molar-refractivity contribution is -0.142. The second-order valence-corrected chi connectivity index (χ2v) is 5.77. The molecule has 2 aromatic rings. The van der Waals surface area contributed by atoms with E-state index in [1.807, 2.05) is 61.5 Å². The van der Waals surface area contributed by atoms with Crippen LogP contribution < -0.4 is 4.74 Å². The third-order valence-electron chi connectivity index (χ3n) is 3.46. The van der Waals surface area contributed by atoms with Crippen molar-refractivity contribution >= 4 is 17.6 Å². The fourth-order valence-electron chi connectivity index (χ4n) is 2.22. The van der Waals surface area contributed by atoms with E-state index < -0.39 is 5.38 Å². The van der Waals surface area contributed by atoms with Gasteiger partial charge in [0.05, 0.1) is 6.61 Å². The van der Waals surface area contributed by atoms with Crippen LogP contribution in [-0.2, 0) is 16.0 Å². The van der Waals surface area contributed by atoms with Crippen molar-refractivity contribution in [2.24, 2.45) is 0 Å². The second kappa shape index (κ2) is 8.59. The molecule has 0 amide bonds. The standard InChI is InChI=1S/C19H21ClO3/c1-3-22-19(21)18(20)13-15-9-11-16(12-10-15)14(2)23-17-7-5-4-6-8-17/h4-12,14,18H,3,13H2,1-2H3.